The lowest BCUT2D eigenvalue weighted by Gasteiger charge is -2.38. The maximum absolute atomic E-state index is 12.8. The molecule has 1 aromatic rings. The normalized spacial score (nSPS) is 24.4. The van der Waals surface area contributed by atoms with Gasteiger partial charge in [0.05, 0.1) is 5.92 Å². The van der Waals surface area contributed by atoms with Crippen LogP contribution in [0.15, 0.2) is 6.07 Å². The molecule has 3 aliphatic rings. The number of likely N-dealkylation sites (tertiary alicyclic amines) is 1. The zero-order chi connectivity index (χ0) is 18.1. The van der Waals surface area contributed by atoms with Crippen molar-refractivity contribution in [3.63, 3.8) is 0 Å². The molecule has 1 atom stereocenters. The average molecular weight is 359 g/mol. The van der Waals surface area contributed by atoms with Gasteiger partial charge in [0.15, 0.2) is 5.69 Å². The molecule has 3 aliphatic heterocycles. The van der Waals surface area contributed by atoms with E-state index in [1.807, 2.05) is 20.5 Å². The quantitative estimate of drug-likeness (QED) is 0.785. The molecular weight excluding hydrogens is 330 g/mol. The Morgan fingerprint density at radius 2 is 1.77 bits per heavy atom. The zero-order valence-electron chi connectivity index (χ0n) is 15.7. The Balaban J connectivity index is 1.33. The van der Waals surface area contributed by atoms with E-state index >= 15 is 0 Å². The maximum atomic E-state index is 12.8. The van der Waals surface area contributed by atoms with Crippen molar-refractivity contribution in [1.29, 1.82) is 0 Å². The number of carbonyl (C=O) groups excluding carboxylic acids is 2. The van der Waals surface area contributed by atoms with Gasteiger partial charge in [-0.1, -0.05) is 0 Å². The molecule has 0 aromatic carbocycles. The van der Waals surface area contributed by atoms with Gasteiger partial charge in [-0.3, -0.25) is 14.3 Å². The molecule has 4 rings (SSSR count). The number of fused-ring (bicyclic) bond motifs is 1. The van der Waals surface area contributed by atoms with E-state index in [2.05, 4.69) is 17.0 Å². The van der Waals surface area contributed by atoms with Crippen LogP contribution in [0.5, 0.6) is 0 Å². The first-order valence-electron chi connectivity index (χ1n) is 9.95. The van der Waals surface area contributed by atoms with E-state index in [9.17, 15) is 9.59 Å². The summed E-state index contributed by atoms with van der Waals surface area (Å²) >= 11 is 0. The van der Waals surface area contributed by atoms with E-state index in [-0.39, 0.29) is 17.7 Å². The van der Waals surface area contributed by atoms with Crippen LogP contribution in [0.1, 0.15) is 41.9 Å². The molecule has 0 aliphatic carbocycles. The van der Waals surface area contributed by atoms with Gasteiger partial charge < -0.3 is 14.7 Å². The number of hydrogen-bond donors (Lipinski definition) is 0. The first-order valence-corrected chi connectivity index (χ1v) is 9.95. The van der Waals surface area contributed by atoms with Crippen molar-refractivity contribution in [2.75, 3.05) is 46.3 Å². The number of piperazine rings is 1. The molecule has 142 valence electrons. The smallest absolute Gasteiger partial charge is 0.274 e. The molecule has 0 bridgehead atoms. The van der Waals surface area contributed by atoms with Crippen molar-refractivity contribution in [3.05, 3.63) is 17.5 Å². The number of carbonyl (C=O) groups is 2. The van der Waals surface area contributed by atoms with E-state index < -0.39 is 0 Å². The van der Waals surface area contributed by atoms with E-state index in [4.69, 9.17) is 0 Å². The highest BCUT2D eigenvalue weighted by atomic mass is 16.2. The molecule has 0 N–H and O–H groups in total. The Bertz CT molecular complexity index is 654. The molecule has 7 heteroatoms. The van der Waals surface area contributed by atoms with Crippen LogP contribution >= 0.6 is 0 Å². The van der Waals surface area contributed by atoms with Crippen molar-refractivity contribution < 1.29 is 9.59 Å². The fourth-order valence-electron chi connectivity index (χ4n) is 4.44. The first kappa shape index (κ1) is 17.5. The standard InChI is InChI=1S/C19H29N5O2/c1-21-7-4-5-15(14-21)18(25)22-9-11-23(12-10-22)19(26)17-13-16-6-2-3-8-24(16)20-17/h13,15H,2-12,14H2,1H3. The molecule has 1 aromatic heterocycles. The molecule has 2 fully saturated rings. The van der Waals surface area contributed by atoms with Crippen LogP contribution in [-0.4, -0.2) is 82.6 Å². The number of aromatic nitrogens is 2. The molecule has 0 spiro atoms. The van der Waals surface area contributed by atoms with Gasteiger partial charge >= 0.3 is 0 Å². The maximum Gasteiger partial charge on any atom is 0.274 e. The van der Waals surface area contributed by atoms with Crippen LogP contribution in [0, 0.1) is 5.92 Å². The van der Waals surface area contributed by atoms with Crippen LogP contribution in [0.2, 0.25) is 0 Å². The van der Waals surface area contributed by atoms with E-state index in [0.29, 0.717) is 31.9 Å². The monoisotopic (exact) mass is 359 g/mol. The van der Waals surface area contributed by atoms with Gasteiger partial charge in [-0.2, -0.15) is 5.10 Å². The summed E-state index contributed by atoms with van der Waals surface area (Å²) < 4.78 is 1.98. The Hall–Kier alpha value is -1.89. The van der Waals surface area contributed by atoms with Crippen molar-refractivity contribution in [1.82, 2.24) is 24.5 Å². The third-order valence-corrected chi connectivity index (χ3v) is 5.99. The predicted octanol–water partition coefficient (Wildman–Crippen LogP) is 0.846. The lowest BCUT2D eigenvalue weighted by molar-refractivity contribution is -0.138. The highest BCUT2D eigenvalue weighted by molar-refractivity contribution is 5.92. The van der Waals surface area contributed by atoms with Crippen LogP contribution in [0.4, 0.5) is 0 Å². The first-order chi connectivity index (χ1) is 12.6. The highest BCUT2D eigenvalue weighted by Crippen LogP contribution is 2.20. The highest BCUT2D eigenvalue weighted by Gasteiger charge is 2.32. The van der Waals surface area contributed by atoms with Gasteiger partial charge in [-0.25, -0.2) is 0 Å². The molecule has 4 heterocycles. The molecule has 26 heavy (non-hydrogen) atoms. The zero-order valence-corrected chi connectivity index (χ0v) is 15.7. The van der Waals surface area contributed by atoms with Gasteiger partial charge in [0.25, 0.3) is 5.91 Å². The predicted molar refractivity (Wildman–Crippen MR) is 97.9 cm³/mol. The van der Waals surface area contributed by atoms with Crippen LogP contribution in [0.25, 0.3) is 0 Å². The van der Waals surface area contributed by atoms with Crippen molar-refractivity contribution in [2.45, 2.75) is 38.6 Å². The fraction of sp³-hybridized carbons (Fsp3) is 0.737. The molecule has 7 nitrogen and oxygen atoms in total. The topological polar surface area (TPSA) is 61.7 Å². The Kier molecular flexibility index (Phi) is 4.98. The number of hydrogen-bond acceptors (Lipinski definition) is 4. The van der Waals surface area contributed by atoms with E-state index in [1.165, 1.54) is 12.1 Å². The van der Waals surface area contributed by atoms with Crippen molar-refractivity contribution in [3.8, 4) is 0 Å². The Labute approximate surface area is 154 Å². The SMILES string of the molecule is CN1CCCC(C(=O)N2CCN(C(=O)c3cc4n(n3)CCCC4)CC2)C1. The van der Waals surface area contributed by atoms with Crippen LogP contribution in [0.3, 0.4) is 0 Å². The third kappa shape index (κ3) is 3.49. The number of aryl methyl sites for hydroxylation is 2. The van der Waals surface area contributed by atoms with Gasteiger partial charge in [0.1, 0.15) is 0 Å². The summed E-state index contributed by atoms with van der Waals surface area (Å²) in [7, 11) is 2.08. The summed E-state index contributed by atoms with van der Waals surface area (Å²) in [5, 5.41) is 4.50. The molecule has 0 saturated carbocycles. The minimum Gasteiger partial charge on any atom is -0.339 e. The second kappa shape index (κ2) is 7.39. The molecule has 1 unspecified atom stereocenters. The third-order valence-electron chi connectivity index (χ3n) is 5.99. The Morgan fingerprint density at radius 1 is 1.00 bits per heavy atom. The van der Waals surface area contributed by atoms with Gasteiger partial charge in [0, 0.05) is 45.0 Å². The van der Waals surface area contributed by atoms with Crippen LogP contribution < -0.4 is 0 Å². The number of amides is 2. The largest absolute Gasteiger partial charge is 0.339 e. The molecule has 2 amide bonds. The fourth-order valence-corrected chi connectivity index (χ4v) is 4.44. The minimum atomic E-state index is 0.0106. The van der Waals surface area contributed by atoms with E-state index in [0.717, 1.165) is 45.3 Å². The van der Waals surface area contributed by atoms with Crippen LogP contribution in [-0.2, 0) is 17.8 Å². The summed E-state index contributed by atoms with van der Waals surface area (Å²) in [6.07, 6.45) is 5.41. The van der Waals surface area contributed by atoms with Gasteiger partial charge in [0.2, 0.25) is 5.91 Å². The summed E-state index contributed by atoms with van der Waals surface area (Å²) in [6, 6.07) is 1.96. The lowest BCUT2D eigenvalue weighted by Crippen LogP contribution is -2.53. The summed E-state index contributed by atoms with van der Waals surface area (Å²) in [6.45, 7) is 5.35. The second-order valence-corrected chi connectivity index (χ2v) is 7.92. The number of piperidine rings is 1. The van der Waals surface area contributed by atoms with E-state index in [1.54, 1.807) is 0 Å². The average Bonchev–Trinajstić information content (AvgIpc) is 3.11. The lowest BCUT2D eigenvalue weighted by atomic mass is 9.96. The Morgan fingerprint density at radius 3 is 2.50 bits per heavy atom. The van der Waals surface area contributed by atoms with Crippen molar-refractivity contribution >= 4 is 11.8 Å². The van der Waals surface area contributed by atoms with Gasteiger partial charge in [-0.05, 0) is 51.8 Å². The summed E-state index contributed by atoms with van der Waals surface area (Å²) in [5.74, 6) is 0.397. The van der Waals surface area contributed by atoms with Crippen molar-refractivity contribution in [2.24, 2.45) is 5.92 Å². The number of nitrogens with zero attached hydrogens (tertiary/aromatic N) is 5. The molecule has 0 radical (unpaired) electrons. The number of rotatable bonds is 2. The van der Waals surface area contributed by atoms with Gasteiger partial charge in [-0.15, -0.1) is 0 Å². The summed E-state index contributed by atoms with van der Waals surface area (Å²) in [5.41, 5.74) is 1.74. The molecular formula is C19H29N5O2. The second-order valence-electron chi connectivity index (χ2n) is 7.92. The summed E-state index contributed by atoms with van der Waals surface area (Å²) in [4.78, 5) is 31.6. The minimum absolute atomic E-state index is 0.0106. The molecule has 2 saturated heterocycles.